The molecule has 2 aromatic rings. The van der Waals surface area contributed by atoms with Crippen LogP contribution in [0.2, 0.25) is 0 Å². The normalized spacial score (nSPS) is 12.2. The Bertz CT molecular complexity index is 1010. The number of sulfonamides is 1. The highest BCUT2D eigenvalue weighted by Gasteiger charge is 2.31. The molecular weight excluding hydrogens is 529 g/mol. The van der Waals surface area contributed by atoms with Gasteiger partial charge in [-0.3, -0.25) is 13.9 Å². The summed E-state index contributed by atoms with van der Waals surface area (Å²) in [7, 11) is -2.19. The van der Waals surface area contributed by atoms with Crippen LogP contribution in [0.5, 0.6) is 0 Å². The molecule has 2 amide bonds. The van der Waals surface area contributed by atoms with E-state index >= 15 is 0 Å². The topological polar surface area (TPSA) is 86.8 Å². The molecule has 2 aromatic carbocycles. The van der Waals surface area contributed by atoms with Gasteiger partial charge in [-0.25, -0.2) is 8.42 Å². The smallest absolute Gasteiger partial charge is 0.244 e. The number of nitrogens with zero attached hydrogens (tertiary/aromatic N) is 2. The highest BCUT2D eigenvalue weighted by Crippen LogP contribution is 2.21. The van der Waals surface area contributed by atoms with Gasteiger partial charge in [0, 0.05) is 17.2 Å². The van der Waals surface area contributed by atoms with Gasteiger partial charge in [0.25, 0.3) is 0 Å². The minimum absolute atomic E-state index is 0.204. The summed E-state index contributed by atoms with van der Waals surface area (Å²) in [5.41, 5.74) is 2.35. The molecule has 31 heavy (non-hydrogen) atoms. The molecule has 7 nitrogen and oxygen atoms in total. The van der Waals surface area contributed by atoms with Crippen molar-refractivity contribution in [2.45, 2.75) is 32.9 Å². The van der Waals surface area contributed by atoms with Gasteiger partial charge in [-0.05, 0) is 65.8 Å². The first-order chi connectivity index (χ1) is 14.6. The summed E-state index contributed by atoms with van der Waals surface area (Å²) in [6, 6.07) is 13.9. The number of rotatable bonds is 9. The first-order valence-electron chi connectivity index (χ1n) is 9.86. The number of anilines is 1. The molecule has 0 unspecified atom stereocenters. The Balaban J connectivity index is 2.40. The lowest BCUT2D eigenvalue weighted by atomic mass is 10.1. The molecule has 0 aliphatic rings. The molecule has 1 N–H and O–H groups in total. The number of hydrogen-bond donors (Lipinski definition) is 1. The standard InChI is InChI=1S/C22H28IN3O4S/c1-5-20(22(28)24-3)25(14-17-8-6-16(2)7-9-17)21(27)15-26(31(4,29)30)19-12-10-18(23)11-13-19/h6-13,20H,5,14-15H2,1-4H3,(H,24,28)/t20-/m0/s1. The summed E-state index contributed by atoms with van der Waals surface area (Å²) in [6.45, 7) is 3.61. The first-order valence-corrected chi connectivity index (χ1v) is 12.8. The third-order valence-corrected chi connectivity index (χ3v) is 6.76. The van der Waals surface area contributed by atoms with Gasteiger partial charge >= 0.3 is 0 Å². The van der Waals surface area contributed by atoms with Gasteiger partial charge in [0.15, 0.2) is 0 Å². The van der Waals surface area contributed by atoms with Crippen molar-refractivity contribution in [3.05, 3.63) is 63.2 Å². The molecule has 0 saturated heterocycles. The van der Waals surface area contributed by atoms with Gasteiger partial charge in [0.2, 0.25) is 21.8 Å². The number of benzene rings is 2. The molecule has 2 rings (SSSR count). The largest absolute Gasteiger partial charge is 0.357 e. The second kappa shape index (κ2) is 10.9. The Labute approximate surface area is 198 Å². The van der Waals surface area contributed by atoms with Gasteiger partial charge in [-0.1, -0.05) is 36.8 Å². The Morgan fingerprint density at radius 2 is 1.65 bits per heavy atom. The van der Waals surface area contributed by atoms with Crippen molar-refractivity contribution in [3.63, 3.8) is 0 Å². The Morgan fingerprint density at radius 3 is 2.13 bits per heavy atom. The Kier molecular flexibility index (Phi) is 8.87. The Hall–Kier alpha value is -2.14. The van der Waals surface area contributed by atoms with Crippen LogP contribution in [0, 0.1) is 10.5 Å². The van der Waals surface area contributed by atoms with E-state index in [0.29, 0.717) is 12.1 Å². The van der Waals surface area contributed by atoms with Gasteiger partial charge in [-0.2, -0.15) is 0 Å². The molecule has 0 spiro atoms. The summed E-state index contributed by atoms with van der Waals surface area (Å²) < 4.78 is 27.0. The van der Waals surface area contributed by atoms with Crippen molar-refractivity contribution in [1.82, 2.24) is 10.2 Å². The third-order valence-electron chi connectivity index (χ3n) is 4.90. The van der Waals surface area contributed by atoms with E-state index in [0.717, 1.165) is 25.3 Å². The van der Waals surface area contributed by atoms with Crippen molar-refractivity contribution in [2.75, 3.05) is 24.2 Å². The summed E-state index contributed by atoms with van der Waals surface area (Å²) in [5.74, 6) is -0.733. The number of carbonyl (C=O) groups is 2. The van der Waals surface area contributed by atoms with Crippen LogP contribution >= 0.6 is 22.6 Å². The van der Waals surface area contributed by atoms with E-state index in [1.807, 2.05) is 38.1 Å². The Morgan fingerprint density at radius 1 is 1.06 bits per heavy atom. The maximum Gasteiger partial charge on any atom is 0.244 e. The average molecular weight is 557 g/mol. The van der Waals surface area contributed by atoms with Crippen molar-refractivity contribution < 1.29 is 18.0 Å². The van der Waals surface area contributed by atoms with Gasteiger partial charge in [0.05, 0.1) is 11.9 Å². The third kappa shape index (κ3) is 6.93. The van der Waals surface area contributed by atoms with E-state index in [-0.39, 0.29) is 12.5 Å². The minimum Gasteiger partial charge on any atom is -0.357 e. The summed E-state index contributed by atoms with van der Waals surface area (Å²) >= 11 is 2.13. The fraction of sp³-hybridized carbons (Fsp3) is 0.364. The van der Waals surface area contributed by atoms with E-state index in [9.17, 15) is 18.0 Å². The number of likely N-dealkylation sites (N-methyl/N-ethyl adjacent to an activating group) is 1. The highest BCUT2D eigenvalue weighted by atomic mass is 127. The maximum absolute atomic E-state index is 13.4. The van der Waals surface area contributed by atoms with Crippen molar-refractivity contribution in [3.8, 4) is 0 Å². The molecule has 0 radical (unpaired) electrons. The molecule has 1 atom stereocenters. The van der Waals surface area contributed by atoms with Crippen LogP contribution in [0.1, 0.15) is 24.5 Å². The van der Waals surface area contributed by atoms with E-state index in [2.05, 4.69) is 27.9 Å². The summed E-state index contributed by atoms with van der Waals surface area (Å²) in [4.78, 5) is 27.3. The van der Waals surface area contributed by atoms with Crippen LogP contribution in [0.15, 0.2) is 48.5 Å². The second-order valence-corrected chi connectivity index (χ2v) is 10.4. The lowest BCUT2D eigenvalue weighted by Crippen LogP contribution is -2.51. The number of hydrogen-bond acceptors (Lipinski definition) is 4. The van der Waals surface area contributed by atoms with Crippen LogP contribution < -0.4 is 9.62 Å². The van der Waals surface area contributed by atoms with Gasteiger partial charge in [0.1, 0.15) is 12.6 Å². The maximum atomic E-state index is 13.4. The van der Waals surface area contributed by atoms with Crippen LogP contribution in [0.25, 0.3) is 0 Å². The van der Waals surface area contributed by atoms with Crippen LogP contribution in [0.4, 0.5) is 5.69 Å². The van der Waals surface area contributed by atoms with Crippen LogP contribution in [-0.2, 0) is 26.2 Å². The molecule has 0 aliphatic heterocycles. The molecule has 0 fully saturated rings. The van der Waals surface area contributed by atoms with E-state index in [1.165, 1.54) is 11.9 Å². The lowest BCUT2D eigenvalue weighted by molar-refractivity contribution is -0.140. The number of nitrogens with one attached hydrogen (secondary N) is 1. The number of amides is 2. The zero-order valence-electron chi connectivity index (χ0n) is 18.1. The molecule has 0 aliphatic carbocycles. The van der Waals surface area contributed by atoms with Gasteiger partial charge in [-0.15, -0.1) is 0 Å². The summed E-state index contributed by atoms with van der Waals surface area (Å²) in [5, 5.41) is 2.60. The zero-order valence-corrected chi connectivity index (χ0v) is 21.1. The molecule has 0 bridgehead atoms. The second-order valence-electron chi connectivity index (χ2n) is 7.29. The van der Waals surface area contributed by atoms with Gasteiger partial charge < -0.3 is 10.2 Å². The number of halogens is 1. The van der Waals surface area contributed by atoms with Crippen LogP contribution in [-0.4, -0.2) is 51.0 Å². The predicted octanol–water partition coefficient (Wildman–Crippen LogP) is 2.92. The van der Waals surface area contributed by atoms with Crippen LogP contribution in [0.3, 0.4) is 0 Å². The highest BCUT2D eigenvalue weighted by molar-refractivity contribution is 14.1. The molecule has 0 aromatic heterocycles. The predicted molar refractivity (Wildman–Crippen MR) is 131 cm³/mol. The van der Waals surface area contributed by atoms with Crippen molar-refractivity contribution in [2.24, 2.45) is 0 Å². The zero-order chi connectivity index (χ0) is 23.2. The molecule has 168 valence electrons. The number of aryl methyl sites for hydroxylation is 1. The lowest BCUT2D eigenvalue weighted by Gasteiger charge is -2.32. The average Bonchev–Trinajstić information content (AvgIpc) is 2.72. The van der Waals surface area contributed by atoms with E-state index < -0.39 is 28.5 Å². The first kappa shape index (κ1) is 25.1. The SMILES string of the molecule is CC[C@@H](C(=O)NC)N(Cc1ccc(C)cc1)C(=O)CN(c1ccc(I)cc1)S(C)(=O)=O. The number of carbonyl (C=O) groups excluding carboxylic acids is 2. The van der Waals surface area contributed by atoms with Crippen molar-refractivity contribution >= 4 is 50.1 Å². The monoisotopic (exact) mass is 557 g/mol. The van der Waals surface area contributed by atoms with E-state index in [4.69, 9.17) is 0 Å². The molecular formula is C22H28IN3O4S. The molecule has 0 heterocycles. The fourth-order valence-electron chi connectivity index (χ4n) is 3.20. The van der Waals surface area contributed by atoms with E-state index in [1.54, 1.807) is 24.3 Å². The summed E-state index contributed by atoms with van der Waals surface area (Å²) in [6.07, 6.45) is 1.47. The molecule has 0 saturated carbocycles. The quantitative estimate of drug-likeness (QED) is 0.481. The van der Waals surface area contributed by atoms with Crippen molar-refractivity contribution in [1.29, 1.82) is 0 Å². The minimum atomic E-state index is -3.71. The molecule has 9 heteroatoms. The fourth-order valence-corrected chi connectivity index (χ4v) is 4.41.